The summed E-state index contributed by atoms with van der Waals surface area (Å²) in [6.45, 7) is 1.48. The van der Waals surface area contributed by atoms with Gasteiger partial charge in [0.05, 0.1) is 19.1 Å². The molecular formula is C26H28F2N4O4. The van der Waals surface area contributed by atoms with Crippen molar-refractivity contribution in [2.75, 3.05) is 26.2 Å². The molecule has 0 spiro atoms. The van der Waals surface area contributed by atoms with Crippen molar-refractivity contribution in [3.05, 3.63) is 65.5 Å². The van der Waals surface area contributed by atoms with Gasteiger partial charge in [0.25, 0.3) is 5.91 Å². The molecule has 1 aromatic heterocycles. The van der Waals surface area contributed by atoms with Gasteiger partial charge in [-0.2, -0.15) is 0 Å². The number of imide groups is 1. The monoisotopic (exact) mass is 498 g/mol. The van der Waals surface area contributed by atoms with Gasteiger partial charge in [0, 0.05) is 43.2 Å². The van der Waals surface area contributed by atoms with E-state index in [0.717, 1.165) is 31.0 Å². The average molecular weight is 499 g/mol. The zero-order chi connectivity index (χ0) is 25.3. The molecule has 3 aliphatic rings. The number of piperidine rings is 1. The Bertz CT molecular complexity index is 1150. The van der Waals surface area contributed by atoms with Crippen molar-refractivity contribution >= 4 is 17.8 Å². The molecule has 0 aliphatic carbocycles. The van der Waals surface area contributed by atoms with Crippen molar-refractivity contribution in [3.8, 4) is 0 Å². The number of rotatable bonds is 6. The van der Waals surface area contributed by atoms with Gasteiger partial charge >= 0.3 is 6.03 Å². The van der Waals surface area contributed by atoms with Crippen molar-refractivity contribution in [2.24, 2.45) is 5.92 Å². The lowest BCUT2D eigenvalue weighted by molar-refractivity contribution is -0.137. The molecule has 36 heavy (non-hydrogen) atoms. The molecule has 3 saturated heterocycles. The van der Waals surface area contributed by atoms with Crippen LogP contribution >= 0.6 is 0 Å². The first-order valence-electron chi connectivity index (χ1n) is 12.3. The van der Waals surface area contributed by atoms with Gasteiger partial charge in [-0.05, 0) is 55.9 Å². The third-order valence-corrected chi connectivity index (χ3v) is 7.47. The Labute approximate surface area is 207 Å². The highest BCUT2D eigenvalue weighted by Crippen LogP contribution is 2.41. The van der Waals surface area contributed by atoms with Crippen molar-refractivity contribution in [2.45, 2.75) is 43.7 Å². The second-order valence-corrected chi connectivity index (χ2v) is 9.60. The first-order valence-corrected chi connectivity index (χ1v) is 12.3. The average Bonchev–Trinajstić information content (AvgIpc) is 3.49. The molecule has 190 valence electrons. The van der Waals surface area contributed by atoms with E-state index in [9.17, 15) is 23.2 Å². The third-order valence-electron chi connectivity index (χ3n) is 7.47. The molecule has 0 bridgehead atoms. The topological polar surface area (TPSA) is 91.8 Å². The third kappa shape index (κ3) is 4.45. The van der Waals surface area contributed by atoms with E-state index in [2.05, 4.69) is 10.3 Å². The molecular weight excluding hydrogens is 470 g/mol. The number of likely N-dealkylation sites (tertiary alicyclic amines) is 1. The van der Waals surface area contributed by atoms with E-state index in [1.54, 1.807) is 29.4 Å². The zero-order valence-corrected chi connectivity index (χ0v) is 19.8. The number of amides is 4. The summed E-state index contributed by atoms with van der Waals surface area (Å²) < 4.78 is 33.2. The molecule has 4 heterocycles. The van der Waals surface area contributed by atoms with Crippen LogP contribution in [-0.4, -0.2) is 65.0 Å². The fourth-order valence-corrected chi connectivity index (χ4v) is 5.57. The molecule has 2 atom stereocenters. The minimum absolute atomic E-state index is 0.0111. The molecule has 3 aliphatic heterocycles. The van der Waals surface area contributed by atoms with Crippen LogP contribution in [0.5, 0.6) is 0 Å². The second kappa shape index (κ2) is 9.93. The number of halogens is 2. The summed E-state index contributed by atoms with van der Waals surface area (Å²) in [5, 5.41) is 2.97. The molecule has 4 amide bonds. The maximum Gasteiger partial charge on any atom is 0.325 e. The van der Waals surface area contributed by atoms with E-state index < -0.39 is 23.2 Å². The number of carbonyl (C=O) groups excluding carboxylic acids is 3. The minimum atomic E-state index is -1.28. The fraction of sp³-hybridized carbons (Fsp3) is 0.462. The van der Waals surface area contributed by atoms with Crippen LogP contribution in [0.4, 0.5) is 13.6 Å². The van der Waals surface area contributed by atoms with Gasteiger partial charge in [-0.1, -0.05) is 6.07 Å². The van der Waals surface area contributed by atoms with Gasteiger partial charge < -0.3 is 15.0 Å². The summed E-state index contributed by atoms with van der Waals surface area (Å²) in [5.74, 6) is -2.14. The zero-order valence-electron chi connectivity index (χ0n) is 19.8. The molecule has 1 aromatic carbocycles. The summed E-state index contributed by atoms with van der Waals surface area (Å²) in [7, 11) is 0. The molecule has 1 N–H and O–H groups in total. The van der Waals surface area contributed by atoms with E-state index in [-0.39, 0.29) is 42.4 Å². The predicted octanol–water partition coefficient (Wildman–Crippen LogP) is 2.77. The van der Waals surface area contributed by atoms with Crippen molar-refractivity contribution in [3.63, 3.8) is 0 Å². The van der Waals surface area contributed by atoms with E-state index >= 15 is 0 Å². The summed E-state index contributed by atoms with van der Waals surface area (Å²) in [6, 6.07) is 6.11. The number of carbonyl (C=O) groups is 3. The molecule has 0 radical (unpaired) electrons. The van der Waals surface area contributed by atoms with Crippen LogP contribution in [0.1, 0.15) is 36.8 Å². The van der Waals surface area contributed by atoms with Gasteiger partial charge in [0.1, 0.15) is 11.6 Å². The SMILES string of the molecule is O=C(Cc1cc(F)ccc1F)N1CCC([C@@]2(c3cccnc3)NC(=O)N(C[C@H]3CCCO3)C2=O)CC1. The lowest BCUT2D eigenvalue weighted by Crippen LogP contribution is -2.54. The van der Waals surface area contributed by atoms with Crippen LogP contribution in [0.25, 0.3) is 0 Å². The number of hydrogen-bond donors (Lipinski definition) is 1. The Hall–Kier alpha value is -3.40. The van der Waals surface area contributed by atoms with E-state index in [1.165, 1.54) is 4.90 Å². The Morgan fingerprint density at radius 1 is 1.17 bits per heavy atom. The number of benzene rings is 1. The molecule has 8 nitrogen and oxygen atoms in total. The number of ether oxygens (including phenoxy) is 1. The Kier molecular flexibility index (Phi) is 6.70. The van der Waals surface area contributed by atoms with Crippen LogP contribution in [0, 0.1) is 17.6 Å². The van der Waals surface area contributed by atoms with Crippen molar-refractivity contribution < 1.29 is 27.9 Å². The summed E-state index contributed by atoms with van der Waals surface area (Å²) >= 11 is 0. The van der Waals surface area contributed by atoms with Crippen LogP contribution < -0.4 is 5.32 Å². The summed E-state index contributed by atoms with van der Waals surface area (Å²) in [4.78, 5) is 46.7. The summed E-state index contributed by atoms with van der Waals surface area (Å²) in [5.41, 5.74) is -0.671. The normalized spacial score (nSPS) is 24.9. The maximum absolute atomic E-state index is 14.0. The molecule has 10 heteroatoms. The van der Waals surface area contributed by atoms with E-state index in [4.69, 9.17) is 4.74 Å². The van der Waals surface area contributed by atoms with Gasteiger partial charge in [0.2, 0.25) is 5.91 Å². The molecule has 3 fully saturated rings. The number of pyridine rings is 1. The largest absolute Gasteiger partial charge is 0.376 e. The first-order chi connectivity index (χ1) is 17.4. The van der Waals surface area contributed by atoms with Gasteiger partial charge in [-0.15, -0.1) is 0 Å². The highest BCUT2D eigenvalue weighted by atomic mass is 19.1. The van der Waals surface area contributed by atoms with Crippen LogP contribution in [-0.2, 0) is 26.3 Å². The quantitative estimate of drug-likeness (QED) is 0.619. The Morgan fingerprint density at radius 2 is 1.97 bits per heavy atom. The predicted molar refractivity (Wildman–Crippen MR) is 124 cm³/mol. The van der Waals surface area contributed by atoms with Crippen LogP contribution in [0.3, 0.4) is 0 Å². The highest BCUT2D eigenvalue weighted by molar-refractivity contribution is 6.07. The van der Waals surface area contributed by atoms with Crippen LogP contribution in [0.15, 0.2) is 42.7 Å². The van der Waals surface area contributed by atoms with Crippen molar-refractivity contribution in [1.82, 2.24) is 20.1 Å². The van der Waals surface area contributed by atoms with Gasteiger partial charge in [-0.25, -0.2) is 13.6 Å². The van der Waals surface area contributed by atoms with Gasteiger partial charge in [0.15, 0.2) is 5.54 Å². The summed E-state index contributed by atoms with van der Waals surface area (Å²) in [6.07, 6.45) is 5.38. The lowest BCUT2D eigenvalue weighted by Gasteiger charge is -2.41. The molecule has 0 unspecified atom stereocenters. The smallest absolute Gasteiger partial charge is 0.325 e. The number of aromatic nitrogens is 1. The van der Waals surface area contributed by atoms with Gasteiger partial charge in [-0.3, -0.25) is 19.5 Å². The Balaban J connectivity index is 1.33. The van der Waals surface area contributed by atoms with Crippen molar-refractivity contribution in [1.29, 1.82) is 0 Å². The van der Waals surface area contributed by atoms with E-state index in [1.807, 2.05) is 0 Å². The molecule has 2 aromatic rings. The Morgan fingerprint density at radius 3 is 2.67 bits per heavy atom. The van der Waals surface area contributed by atoms with E-state index in [0.29, 0.717) is 38.1 Å². The number of urea groups is 1. The standard InChI is InChI=1S/C26H28F2N4O4/c27-20-5-6-22(28)17(13-20)14-23(33)31-10-7-18(8-11-31)26(19-3-1-9-29-15-19)24(34)32(25(35)30-26)16-21-4-2-12-36-21/h1,3,5-6,9,13,15,18,21H,2,4,7-8,10-12,14,16H2,(H,30,35)/t21-,26+/m1/s1. The minimum Gasteiger partial charge on any atom is -0.376 e. The van der Waals surface area contributed by atoms with Crippen LogP contribution in [0.2, 0.25) is 0 Å². The fourth-order valence-electron chi connectivity index (χ4n) is 5.57. The number of nitrogens with one attached hydrogen (secondary N) is 1. The number of hydrogen-bond acceptors (Lipinski definition) is 5. The first kappa shape index (κ1) is 24.3. The second-order valence-electron chi connectivity index (χ2n) is 9.60. The molecule has 0 saturated carbocycles. The maximum atomic E-state index is 14.0. The lowest BCUT2D eigenvalue weighted by atomic mass is 9.73. The molecule has 5 rings (SSSR count). The number of nitrogens with zero attached hydrogens (tertiary/aromatic N) is 3. The highest BCUT2D eigenvalue weighted by Gasteiger charge is 2.57.